The highest BCUT2D eigenvalue weighted by atomic mass is 127. The Hall–Kier alpha value is -1.13. The molecular weight excluding hydrogens is 484 g/mol. The largest absolute Gasteiger partial charge is 0.489 e. The first-order valence-electron chi connectivity index (χ1n) is 10.2. The summed E-state index contributed by atoms with van der Waals surface area (Å²) in [5, 5.41) is 6.76. The molecule has 2 rings (SSSR count). The number of piperazine rings is 1. The number of halogens is 2. The number of benzene rings is 1. The minimum Gasteiger partial charge on any atom is -0.489 e. The van der Waals surface area contributed by atoms with E-state index in [-0.39, 0.29) is 35.9 Å². The van der Waals surface area contributed by atoms with E-state index in [0.29, 0.717) is 24.3 Å². The number of hydrogen-bond acceptors (Lipinski definition) is 4. The molecule has 2 atom stereocenters. The van der Waals surface area contributed by atoms with Crippen LogP contribution in [0.4, 0.5) is 4.39 Å². The first kappa shape index (κ1) is 25.9. The van der Waals surface area contributed by atoms with Crippen LogP contribution >= 0.6 is 24.0 Å². The molecule has 0 spiro atoms. The van der Waals surface area contributed by atoms with E-state index < -0.39 is 0 Å². The fourth-order valence-corrected chi connectivity index (χ4v) is 3.42. The van der Waals surface area contributed by atoms with Gasteiger partial charge in [0.25, 0.3) is 0 Å². The van der Waals surface area contributed by atoms with Gasteiger partial charge in [-0.2, -0.15) is 0 Å². The third-order valence-electron chi connectivity index (χ3n) is 5.17. The average Bonchev–Trinajstić information content (AvgIpc) is 2.65. The van der Waals surface area contributed by atoms with Crippen LogP contribution in [0.15, 0.2) is 29.3 Å². The Kier molecular flexibility index (Phi) is 11.8. The number of aliphatic imine (C=N–C) groups is 1. The number of guanidine groups is 1. The molecule has 166 valence electrons. The van der Waals surface area contributed by atoms with Gasteiger partial charge in [0.05, 0.1) is 6.54 Å². The fourth-order valence-electron chi connectivity index (χ4n) is 3.42. The van der Waals surface area contributed by atoms with Gasteiger partial charge in [-0.05, 0) is 32.0 Å². The molecule has 0 bridgehead atoms. The third kappa shape index (κ3) is 9.04. The molecule has 1 aliphatic heterocycles. The third-order valence-corrected chi connectivity index (χ3v) is 5.17. The Labute approximate surface area is 192 Å². The van der Waals surface area contributed by atoms with Crippen molar-refractivity contribution in [3.63, 3.8) is 0 Å². The molecule has 2 N–H and O–H groups in total. The Morgan fingerprint density at radius 1 is 1.14 bits per heavy atom. The Bertz CT molecular complexity index is 623. The van der Waals surface area contributed by atoms with Crippen LogP contribution in [0.25, 0.3) is 0 Å². The van der Waals surface area contributed by atoms with E-state index in [1.807, 2.05) is 6.92 Å². The van der Waals surface area contributed by atoms with Crippen molar-refractivity contribution in [2.75, 3.05) is 53.4 Å². The lowest BCUT2D eigenvalue weighted by atomic mass is 10.0. The molecule has 1 aromatic carbocycles. The minimum absolute atomic E-state index is 0. The summed E-state index contributed by atoms with van der Waals surface area (Å²) in [5.41, 5.74) is 0. The lowest BCUT2D eigenvalue weighted by Gasteiger charge is -2.40. The zero-order valence-electron chi connectivity index (χ0n) is 18.3. The smallest absolute Gasteiger partial charge is 0.191 e. The topological polar surface area (TPSA) is 52.1 Å². The quantitative estimate of drug-likeness (QED) is 0.313. The van der Waals surface area contributed by atoms with Gasteiger partial charge in [0.2, 0.25) is 0 Å². The Morgan fingerprint density at radius 2 is 1.79 bits per heavy atom. The maximum Gasteiger partial charge on any atom is 0.191 e. The highest BCUT2D eigenvalue weighted by Crippen LogP contribution is 2.14. The molecule has 0 amide bonds. The number of nitrogens with one attached hydrogen (secondary N) is 2. The molecule has 1 saturated heterocycles. The second-order valence-corrected chi connectivity index (χ2v) is 7.87. The fraction of sp³-hybridized carbons (Fsp3) is 0.667. The van der Waals surface area contributed by atoms with Crippen LogP contribution in [-0.4, -0.2) is 81.3 Å². The molecule has 0 aliphatic carbocycles. The second kappa shape index (κ2) is 13.2. The summed E-state index contributed by atoms with van der Waals surface area (Å²) in [5.74, 6) is 1.56. The van der Waals surface area contributed by atoms with Crippen LogP contribution < -0.4 is 15.4 Å². The van der Waals surface area contributed by atoms with Gasteiger partial charge in [0.1, 0.15) is 17.7 Å². The monoisotopic (exact) mass is 521 g/mol. The molecule has 2 unspecified atom stereocenters. The summed E-state index contributed by atoms with van der Waals surface area (Å²) in [6.45, 7) is 12.4. The molecule has 0 radical (unpaired) electrons. The van der Waals surface area contributed by atoms with Crippen molar-refractivity contribution in [1.29, 1.82) is 0 Å². The first-order valence-corrected chi connectivity index (χ1v) is 10.2. The van der Waals surface area contributed by atoms with Crippen LogP contribution in [0, 0.1) is 11.7 Å². The van der Waals surface area contributed by atoms with Crippen molar-refractivity contribution < 1.29 is 9.13 Å². The van der Waals surface area contributed by atoms with Gasteiger partial charge >= 0.3 is 0 Å². The highest BCUT2D eigenvalue weighted by Gasteiger charge is 2.25. The summed E-state index contributed by atoms with van der Waals surface area (Å²) in [6, 6.07) is 6.68. The molecule has 1 aromatic rings. The van der Waals surface area contributed by atoms with Crippen molar-refractivity contribution >= 4 is 29.9 Å². The Balaban J connectivity index is 0.00000420. The van der Waals surface area contributed by atoms with Crippen LogP contribution in [0.1, 0.15) is 20.8 Å². The van der Waals surface area contributed by atoms with Crippen LogP contribution in [0.2, 0.25) is 0 Å². The van der Waals surface area contributed by atoms with Crippen molar-refractivity contribution in [2.45, 2.75) is 32.9 Å². The number of nitrogens with zero attached hydrogens (tertiary/aromatic N) is 3. The summed E-state index contributed by atoms with van der Waals surface area (Å²) in [6.07, 6.45) is -0.112. The second-order valence-electron chi connectivity index (χ2n) is 7.87. The van der Waals surface area contributed by atoms with E-state index >= 15 is 0 Å². The van der Waals surface area contributed by atoms with Gasteiger partial charge < -0.3 is 20.3 Å². The van der Waals surface area contributed by atoms with Crippen LogP contribution in [-0.2, 0) is 0 Å². The van der Waals surface area contributed by atoms with E-state index in [0.717, 1.165) is 38.7 Å². The first-order chi connectivity index (χ1) is 13.4. The zero-order valence-corrected chi connectivity index (χ0v) is 20.7. The van der Waals surface area contributed by atoms with Gasteiger partial charge in [-0.3, -0.25) is 9.89 Å². The van der Waals surface area contributed by atoms with Gasteiger partial charge in [0, 0.05) is 51.9 Å². The minimum atomic E-state index is -0.293. The van der Waals surface area contributed by atoms with Gasteiger partial charge in [-0.25, -0.2) is 4.39 Å². The SMILES string of the molecule is CN=C(NCC(C)Oc1cccc(F)c1)NCC(C(C)C)N1CCN(C)CC1.I. The molecule has 0 saturated carbocycles. The van der Waals surface area contributed by atoms with Gasteiger partial charge in [-0.1, -0.05) is 19.9 Å². The molecular formula is C21H37FIN5O. The van der Waals surface area contributed by atoms with Gasteiger partial charge in [-0.15, -0.1) is 24.0 Å². The number of ether oxygens (including phenoxy) is 1. The predicted octanol–water partition coefficient (Wildman–Crippen LogP) is 2.65. The summed E-state index contributed by atoms with van der Waals surface area (Å²) in [4.78, 5) is 9.27. The molecule has 1 aliphatic rings. The normalized spacial score (nSPS) is 18.1. The van der Waals surface area contributed by atoms with Crippen LogP contribution in [0.5, 0.6) is 5.75 Å². The molecule has 6 nitrogen and oxygen atoms in total. The van der Waals surface area contributed by atoms with Crippen molar-refractivity contribution in [2.24, 2.45) is 10.9 Å². The number of likely N-dealkylation sites (N-methyl/N-ethyl adjacent to an activating group) is 1. The highest BCUT2D eigenvalue weighted by molar-refractivity contribution is 14.0. The summed E-state index contributed by atoms with van der Waals surface area (Å²) in [7, 11) is 3.95. The lowest BCUT2D eigenvalue weighted by Crippen LogP contribution is -2.55. The van der Waals surface area contributed by atoms with E-state index in [2.05, 4.69) is 46.3 Å². The average molecular weight is 521 g/mol. The lowest BCUT2D eigenvalue weighted by molar-refractivity contribution is 0.0899. The van der Waals surface area contributed by atoms with Crippen LogP contribution in [0.3, 0.4) is 0 Å². The van der Waals surface area contributed by atoms with E-state index in [1.165, 1.54) is 12.1 Å². The van der Waals surface area contributed by atoms with E-state index in [4.69, 9.17) is 4.74 Å². The summed E-state index contributed by atoms with van der Waals surface area (Å²) < 4.78 is 19.0. The molecule has 1 fully saturated rings. The molecule has 0 aromatic heterocycles. The molecule has 29 heavy (non-hydrogen) atoms. The zero-order chi connectivity index (χ0) is 20.5. The summed E-state index contributed by atoms with van der Waals surface area (Å²) >= 11 is 0. The van der Waals surface area contributed by atoms with E-state index in [1.54, 1.807) is 19.2 Å². The van der Waals surface area contributed by atoms with Gasteiger partial charge in [0.15, 0.2) is 5.96 Å². The van der Waals surface area contributed by atoms with E-state index in [9.17, 15) is 4.39 Å². The molecule has 8 heteroatoms. The maximum absolute atomic E-state index is 13.3. The predicted molar refractivity (Wildman–Crippen MR) is 129 cm³/mol. The Morgan fingerprint density at radius 3 is 2.38 bits per heavy atom. The number of hydrogen-bond donors (Lipinski definition) is 2. The molecule has 1 heterocycles. The standard InChI is InChI=1S/C21H36FN5O.HI/c1-16(2)20(27-11-9-26(5)10-12-27)15-25-21(23-4)24-14-17(3)28-19-8-6-7-18(22)13-19;/h6-8,13,16-17,20H,9-12,14-15H2,1-5H3,(H2,23,24,25);1H. The van der Waals surface area contributed by atoms with Crippen molar-refractivity contribution in [1.82, 2.24) is 20.4 Å². The number of rotatable bonds is 8. The van der Waals surface area contributed by atoms with Crippen molar-refractivity contribution in [3.8, 4) is 5.75 Å². The van der Waals surface area contributed by atoms with Crippen molar-refractivity contribution in [3.05, 3.63) is 30.1 Å². The maximum atomic E-state index is 13.3.